The lowest BCUT2D eigenvalue weighted by Gasteiger charge is -2.10. The second-order valence-electron chi connectivity index (χ2n) is 5.87. The predicted molar refractivity (Wildman–Crippen MR) is 94.1 cm³/mol. The zero-order valence-corrected chi connectivity index (χ0v) is 14.3. The largest absolute Gasteiger partial charge is 0.496 e. The van der Waals surface area contributed by atoms with Crippen molar-refractivity contribution in [3.05, 3.63) is 75.1 Å². The number of hydrogen-bond acceptors (Lipinski definition) is 5. The van der Waals surface area contributed by atoms with Crippen LogP contribution in [-0.2, 0) is 11.3 Å². The smallest absolute Gasteiger partial charge is 0.374 e. The third-order valence-corrected chi connectivity index (χ3v) is 3.88. The first-order valence-electron chi connectivity index (χ1n) is 7.83. The average Bonchev–Trinajstić information content (AvgIpc) is 2.60. The van der Waals surface area contributed by atoms with Crippen molar-refractivity contribution in [2.45, 2.75) is 20.5 Å². The van der Waals surface area contributed by atoms with Gasteiger partial charge in [0.15, 0.2) is 5.43 Å². The van der Waals surface area contributed by atoms with Crippen LogP contribution in [0.2, 0.25) is 0 Å². The minimum Gasteiger partial charge on any atom is -0.496 e. The first-order chi connectivity index (χ1) is 12.0. The molecule has 0 unspecified atom stereocenters. The number of benzene rings is 2. The molecule has 0 fully saturated rings. The number of hydrogen-bond donors (Lipinski definition) is 0. The van der Waals surface area contributed by atoms with Gasteiger partial charge < -0.3 is 13.9 Å². The number of aryl methyl sites for hydroxylation is 2. The number of ether oxygens (including phenoxy) is 2. The number of methoxy groups -OCH3 is 1. The summed E-state index contributed by atoms with van der Waals surface area (Å²) in [6.45, 7) is 3.85. The summed E-state index contributed by atoms with van der Waals surface area (Å²) in [5.41, 5.74) is 2.80. The molecule has 2 aromatic carbocycles. The van der Waals surface area contributed by atoms with E-state index in [1.165, 1.54) is 0 Å². The van der Waals surface area contributed by atoms with Crippen molar-refractivity contribution < 1.29 is 18.7 Å². The van der Waals surface area contributed by atoms with Gasteiger partial charge in [-0.15, -0.1) is 0 Å². The number of fused-ring (bicyclic) bond motifs is 1. The highest BCUT2D eigenvalue weighted by atomic mass is 16.5. The minimum atomic E-state index is -0.692. The molecule has 5 nitrogen and oxygen atoms in total. The molecule has 0 aliphatic rings. The molecule has 1 aromatic heterocycles. The van der Waals surface area contributed by atoms with Crippen LogP contribution in [0.1, 0.15) is 27.2 Å². The molecule has 0 N–H and O–H groups in total. The molecule has 0 saturated carbocycles. The molecule has 128 valence electrons. The van der Waals surface area contributed by atoms with Crippen LogP contribution >= 0.6 is 0 Å². The monoisotopic (exact) mass is 338 g/mol. The molecule has 0 bridgehead atoms. The molecule has 1 heterocycles. The summed E-state index contributed by atoms with van der Waals surface area (Å²) in [6.07, 6.45) is 0. The Labute approximate surface area is 144 Å². The number of carbonyl (C=O) groups is 1. The minimum absolute atomic E-state index is 0.0271. The van der Waals surface area contributed by atoms with Gasteiger partial charge >= 0.3 is 5.97 Å². The maximum absolute atomic E-state index is 12.3. The van der Waals surface area contributed by atoms with Gasteiger partial charge in [0.2, 0.25) is 5.76 Å². The van der Waals surface area contributed by atoms with Gasteiger partial charge in [0.05, 0.1) is 12.5 Å². The Bertz CT molecular complexity index is 1000. The third-order valence-electron chi connectivity index (χ3n) is 3.88. The molecule has 0 amide bonds. The zero-order valence-electron chi connectivity index (χ0n) is 14.3. The fourth-order valence-corrected chi connectivity index (χ4v) is 2.61. The molecule has 3 aromatic rings. The van der Waals surface area contributed by atoms with Gasteiger partial charge in [-0.05, 0) is 38.1 Å². The Morgan fingerprint density at radius 3 is 2.52 bits per heavy atom. The normalized spacial score (nSPS) is 10.7. The molecule has 0 aliphatic carbocycles. The summed E-state index contributed by atoms with van der Waals surface area (Å²) >= 11 is 0. The maximum Gasteiger partial charge on any atom is 0.374 e. The molecule has 0 spiro atoms. The van der Waals surface area contributed by atoms with Gasteiger partial charge in [0.1, 0.15) is 17.9 Å². The molecule has 0 saturated heterocycles. The van der Waals surface area contributed by atoms with E-state index in [1.807, 2.05) is 38.1 Å². The van der Waals surface area contributed by atoms with E-state index in [2.05, 4.69) is 0 Å². The van der Waals surface area contributed by atoms with Crippen molar-refractivity contribution in [3.8, 4) is 5.75 Å². The highest BCUT2D eigenvalue weighted by molar-refractivity contribution is 5.89. The van der Waals surface area contributed by atoms with Crippen molar-refractivity contribution in [2.75, 3.05) is 7.11 Å². The second-order valence-corrected chi connectivity index (χ2v) is 5.87. The lowest BCUT2D eigenvalue weighted by atomic mass is 10.1. The summed E-state index contributed by atoms with van der Waals surface area (Å²) in [5.74, 6) is -0.176. The topological polar surface area (TPSA) is 65.7 Å². The summed E-state index contributed by atoms with van der Waals surface area (Å²) in [5, 5.41) is 0.442. The van der Waals surface area contributed by atoms with Crippen molar-refractivity contribution in [1.82, 2.24) is 0 Å². The van der Waals surface area contributed by atoms with Gasteiger partial charge in [-0.3, -0.25) is 4.79 Å². The molecular formula is C20H18O5. The van der Waals surface area contributed by atoms with Crippen molar-refractivity contribution in [1.29, 1.82) is 0 Å². The number of rotatable bonds is 4. The van der Waals surface area contributed by atoms with Gasteiger partial charge in [-0.25, -0.2) is 4.79 Å². The van der Waals surface area contributed by atoms with E-state index in [0.29, 0.717) is 16.7 Å². The Kier molecular flexibility index (Phi) is 4.57. The van der Waals surface area contributed by atoms with Crippen LogP contribution in [0.5, 0.6) is 5.75 Å². The highest BCUT2D eigenvalue weighted by Crippen LogP contribution is 2.21. The maximum atomic E-state index is 12.3. The van der Waals surface area contributed by atoms with E-state index in [9.17, 15) is 9.59 Å². The molecule has 0 aliphatic heterocycles. The van der Waals surface area contributed by atoms with Crippen LogP contribution in [0.15, 0.2) is 51.7 Å². The van der Waals surface area contributed by atoms with E-state index in [0.717, 1.165) is 22.8 Å². The standard InChI is InChI=1S/C20H18O5/c1-12-4-6-17(23-3)14(8-12)11-24-20(22)19-10-16(21)15-9-13(2)5-7-18(15)25-19/h4-10H,11H2,1-3H3. The van der Waals surface area contributed by atoms with E-state index in [1.54, 1.807) is 19.2 Å². The fourth-order valence-electron chi connectivity index (χ4n) is 2.61. The Morgan fingerprint density at radius 1 is 1.04 bits per heavy atom. The molecule has 0 atom stereocenters. The third kappa shape index (κ3) is 3.55. The second kappa shape index (κ2) is 6.81. The first kappa shape index (κ1) is 16.8. The van der Waals surface area contributed by atoms with Gasteiger partial charge in [0, 0.05) is 11.6 Å². The van der Waals surface area contributed by atoms with Crippen LogP contribution in [0.3, 0.4) is 0 Å². The summed E-state index contributed by atoms with van der Waals surface area (Å²) in [6, 6.07) is 12.0. The van der Waals surface area contributed by atoms with Crippen LogP contribution in [0.4, 0.5) is 0 Å². The van der Waals surface area contributed by atoms with Gasteiger partial charge in [0.25, 0.3) is 0 Å². The molecule has 5 heteroatoms. The lowest BCUT2D eigenvalue weighted by Crippen LogP contribution is -2.10. The quantitative estimate of drug-likeness (QED) is 0.677. The Hall–Kier alpha value is -3.08. The van der Waals surface area contributed by atoms with Crippen LogP contribution in [0.25, 0.3) is 11.0 Å². The van der Waals surface area contributed by atoms with Gasteiger partial charge in [-0.2, -0.15) is 0 Å². The number of carbonyl (C=O) groups excluding carboxylic acids is 1. The van der Waals surface area contributed by atoms with E-state index in [-0.39, 0.29) is 17.8 Å². The van der Waals surface area contributed by atoms with Crippen molar-refractivity contribution >= 4 is 16.9 Å². The zero-order chi connectivity index (χ0) is 18.0. The first-order valence-corrected chi connectivity index (χ1v) is 7.83. The SMILES string of the molecule is COc1ccc(C)cc1COC(=O)c1cc(=O)c2cc(C)ccc2o1. The molecule has 25 heavy (non-hydrogen) atoms. The highest BCUT2D eigenvalue weighted by Gasteiger charge is 2.15. The van der Waals surface area contributed by atoms with E-state index < -0.39 is 5.97 Å². The predicted octanol–water partition coefficient (Wildman–Crippen LogP) is 3.78. The fraction of sp³-hybridized carbons (Fsp3) is 0.200. The van der Waals surface area contributed by atoms with E-state index >= 15 is 0 Å². The summed E-state index contributed by atoms with van der Waals surface area (Å²) in [4.78, 5) is 24.5. The summed E-state index contributed by atoms with van der Waals surface area (Å²) in [7, 11) is 1.56. The molecule has 0 radical (unpaired) electrons. The number of esters is 1. The molecule has 3 rings (SSSR count). The Morgan fingerprint density at radius 2 is 1.76 bits per heavy atom. The van der Waals surface area contributed by atoms with Crippen LogP contribution in [-0.4, -0.2) is 13.1 Å². The van der Waals surface area contributed by atoms with Crippen LogP contribution in [0, 0.1) is 13.8 Å². The van der Waals surface area contributed by atoms with Gasteiger partial charge in [-0.1, -0.05) is 23.3 Å². The van der Waals surface area contributed by atoms with Crippen molar-refractivity contribution in [2.24, 2.45) is 0 Å². The van der Waals surface area contributed by atoms with Crippen molar-refractivity contribution in [3.63, 3.8) is 0 Å². The lowest BCUT2D eigenvalue weighted by molar-refractivity contribution is 0.0434. The Balaban J connectivity index is 1.85. The summed E-state index contributed by atoms with van der Waals surface area (Å²) < 4.78 is 16.1. The average molecular weight is 338 g/mol. The van der Waals surface area contributed by atoms with Crippen LogP contribution < -0.4 is 10.2 Å². The van der Waals surface area contributed by atoms with E-state index in [4.69, 9.17) is 13.9 Å². The molecular weight excluding hydrogens is 320 g/mol.